The van der Waals surface area contributed by atoms with Crippen LogP contribution in [0.4, 0.5) is 0 Å². The summed E-state index contributed by atoms with van der Waals surface area (Å²) in [6, 6.07) is 15.2. The molecule has 0 aliphatic rings. The van der Waals surface area contributed by atoms with Crippen LogP contribution in [0.3, 0.4) is 0 Å². The van der Waals surface area contributed by atoms with Crippen LogP contribution in [-0.4, -0.2) is 29.9 Å². The third kappa shape index (κ3) is 3.68. The van der Waals surface area contributed by atoms with Gasteiger partial charge in [0, 0.05) is 16.6 Å². The first-order valence-corrected chi connectivity index (χ1v) is 10.4. The predicted molar refractivity (Wildman–Crippen MR) is 122 cm³/mol. The normalized spacial score (nSPS) is 10.9. The van der Waals surface area contributed by atoms with Crippen LogP contribution in [0.2, 0.25) is 0 Å². The molecule has 0 aliphatic heterocycles. The smallest absolute Gasteiger partial charge is 0.341 e. The molecule has 6 nitrogen and oxygen atoms in total. The molecular weight excluding hydrogens is 414 g/mol. The van der Waals surface area contributed by atoms with Crippen molar-refractivity contribution in [3.63, 3.8) is 0 Å². The quantitative estimate of drug-likeness (QED) is 0.471. The van der Waals surface area contributed by atoms with Gasteiger partial charge in [-0.05, 0) is 48.4 Å². The number of thiophene rings is 1. The number of rotatable bonds is 6. The zero-order chi connectivity index (χ0) is 22.1. The second-order valence-corrected chi connectivity index (χ2v) is 8.08. The number of aryl methyl sites for hydroxylation is 1. The van der Waals surface area contributed by atoms with Crippen LogP contribution in [0.15, 0.2) is 59.5 Å². The van der Waals surface area contributed by atoms with E-state index in [2.05, 4.69) is 0 Å². The number of benzene rings is 2. The van der Waals surface area contributed by atoms with Gasteiger partial charge < -0.3 is 19.1 Å². The van der Waals surface area contributed by atoms with Crippen molar-refractivity contribution in [1.29, 1.82) is 0 Å². The van der Waals surface area contributed by atoms with Gasteiger partial charge in [-0.15, -0.1) is 11.3 Å². The maximum Gasteiger partial charge on any atom is 0.341 e. The maximum atomic E-state index is 13.0. The van der Waals surface area contributed by atoms with Crippen LogP contribution in [0.1, 0.15) is 21.5 Å². The second kappa shape index (κ2) is 8.28. The number of para-hydroxylation sites is 1. The Balaban J connectivity index is 1.96. The molecule has 7 heteroatoms. The lowest BCUT2D eigenvalue weighted by atomic mass is 10.1. The Morgan fingerprint density at radius 1 is 1.06 bits per heavy atom. The molecule has 0 saturated heterocycles. The van der Waals surface area contributed by atoms with Crippen LogP contribution in [0.25, 0.3) is 20.7 Å². The third-order valence-corrected chi connectivity index (χ3v) is 6.64. The van der Waals surface area contributed by atoms with E-state index in [0.29, 0.717) is 17.7 Å². The molecule has 0 atom stereocenters. The monoisotopic (exact) mass is 435 g/mol. The average molecular weight is 436 g/mol. The lowest BCUT2D eigenvalue weighted by Crippen LogP contribution is -2.18. The van der Waals surface area contributed by atoms with Crippen LogP contribution in [-0.2, 0) is 6.54 Å². The molecule has 0 spiro atoms. The van der Waals surface area contributed by atoms with Crippen molar-refractivity contribution in [3.05, 3.63) is 81.6 Å². The summed E-state index contributed by atoms with van der Waals surface area (Å²) in [6.07, 6.45) is 1.42. The molecule has 0 bridgehead atoms. The Bertz CT molecular complexity index is 1330. The fraction of sp³-hybridized carbons (Fsp3) is 0.167. The standard InChI is InChI=1S/C24H21NO5S/c1-14-20-21(26)18(24(27)28)13-25(12-16-6-4-5-7-19(16)30-3)23(20)31-22(14)15-8-10-17(29-2)11-9-15/h4-11,13H,12H2,1-3H3,(H,27,28). The number of aromatic carboxylic acids is 1. The van der Waals surface area contributed by atoms with E-state index in [1.54, 1.807) is 14.2 Å². The van der Waals surface area contributed by atoms with Gasteiger partial charge in [-0.1, -0.05) is 18.2 Å². The third-order valence-electron chi connectivity index (χ3n) is 5.26. The van der Waals surface area contributed by atoms with Gasteiger partial charge >= 0.3 is 5.97 Å². The molecule has 31 heavy (non-hydrogen) atoms. The number of aromatic nitrogens is 1. The van der Waals surface area contributed by atoms with Gasteiger partial charge in [-0.3, -0.25) is 4.79 Å². The topological polar surface area (TPSA) is 77.8 Å². The Labute approximate surface area is 182 Å². The minimum absolute atomic E-state index is 0.246. The number of hydrogen-bond acceptors (Lipinski definition) is 5. The number of fused-ring (bicyclic) bond motifs is 1. The number of carboxylic acid groups (broad SMARTS) is 1. The van der Waals surface area contributed by atoms with Gasteiger partial charge in [0.25, 0.3) is 0 Å². The van der Waals surface area contributed by atoms with E-state index in [0.717, 1.165) is 32.1 Å². The maximum absolute atomic E-state index is 13.0. The van der Waals surface area contributed by atoms with E-state index < -0.39 is 11.4 Å². The molecule has 2 heterocycles. The van der Waals surface area contributed by atoms with Crippen molar-refractivity contribution in [3.8, 4) is 21.9 Å². The Kier molecular flexibility index (Phi) is 5.52. The van der Waals surface area contributed by atoms with Gasteiger partial charge in [0.05, 0.1) is 26.2 Å². The van der Waals surface area contributed by atoms with Crippen LogP contribution >= 0.6 is 11.3 Å². The van der Waals surface area contributed by atoms with Crippen molar-refractivity contribution in [2.24, 2.45) is 0 Å². The number of hydrogen-bond donors (Lipinski definition) is 1. The Hall–Kier alpha value is -3.58. The van der Waals surface area contributed by atoms with Gasteiger partial charge in [0.15, 0.2) is 0 Å². The average Bonchev–Trinajstić information content (AvgIpc) is 3.13. The number of ether oxygens (including phenoxy) is 2. The number of pyridine rings is 1. The largest absolute Gasteiger partial charge is 0.497 e. The van der Waals surface area contributed by atoms with Crippen molar-refractivity contribution >= 4 is 27.5 Å². The first kappa shape index (κ1) is 20.7. The molecule has 0 amide bonds. The minimum atomic E-state index is -1.24. The van der Waals surface area contributed by atoms with E-state index in [1.807, 2.05) is 60.0 Å². The first-order chi connectivity index (χ1) is 14.9. The van der Waals surface area contributed by atoms with Crippen molar-refractivity contribution in [1.82, 2.24) is 4.57 Å². The zero-order valence-electron chi connectivity index (χ0n) is 17.3. The van der Waals surface area contributed by atoms with Gasteiger partial charge in [0.2, 0.25) is 5.43 Å². The van der Waals surface area contributed by atoms with E-state index in [9.17, 15) is 14.7 Å². The summed E-state index contributed by atoms with van der Waals surface area (Å²) in [5, 5.41) is 10.1. The molecule has 4 aromatic rings. The SMILES string of the molecule is COc1ccc(-c2sc3c(c2C)c(=O)c(C(=O)O)cn3Cc2ccccc2OC)cc1. The number of nitrogens with zero attached hydrogens (tertiary/aromatic N) is 1. The molecule has 2 aromatic carbocycles. The highest BCUT2D eigenvalue weighted by Crippen LogP contribution is 2.38. The second-order valence-electron chi connectivity index (χ2n) is 7.08. The summed E-state index contributed by atoms with van der Waals surface area (Å²) in [5.41, 5.74) is 1.90. The molecule has 0 aliphatic carbocycles. The van der Waals surface area contributed by atoms with E-state index in [1.165, 1.54) is 17.5 Å². The first-order valence-electron chi connectivity index (χ1n) is 9.60. The van der Waals surface area contributed by atoms with Gasteiger partial charge in [-0.25, -0.2) is 4.79 Å². The summed E-state index contributed by atoms with van der Waals surface area (Å²) in [7, 11) is 3.21. The Morgan fingerprint density at radius 2 is 1.77 bits per heavy atom. The van der Waals surface area contributed by atoms with Crippen LogP contribution in [0.5, 0.6) is 11.5 Å². The van der Waals surface area contributed by atoms with Crippen LogP contribution in [0, 0.1) is 6.92 Å². The summed E-state index contributed by atoms with van der Waals surface area (Å²) in [5.74, 6) is 0.207. The molecular formula is C24H21NO5S. The van der Waals surface area contributed by atoms with E-state index in [4.69, 9.17) is 9.47 Å². The van der Waals surface area contributed by atoms with Crippen LogP contribution < -0.4 is 14.9 Å². The Morgan fingerprint density at radius 3 is 2.42 bits per heavy atom. The number of carboxylic acids is 1. The highest BCUT2D eigenvalue weighted by Gasteiger charge is 2.21. The lowest BCUT2D eigenvalue weighted by molar-refractivity contribution is 0.0695. The van der Waals surface area contributed by atoms with Crippen molar-refractivity contribution in [2.75, 3.05) is 14.2 Å². The van der Waals surface area contributed by atoms with Crippen molar-refractivity contribution < 1.29 is 19.4 Å². The van der Waals surface area contributed by atoms with E-state index in [-0.39, 0.29) is 5.56 Å². The molecule has 0 unspecified atom stereocenters. The molecule has 0 fully saturated rings. The zero-order valence-corrected chi connectivity index (χ0v) is 18.2. The number of methoxy groups -OCH3 is 2. The molecule has 4 rings (SSSR count). The van der Waals surface area contributed by atoms with E-state index >= 15 is 0 Å². The number of carbonyl (C=O) groups is 1. The highest BCUT2D eigenvalue weighted by molar-refractivity contribution is 7.22. The summed E-state index contributed by atoms with van der Waals surface area (Å²) in [6.45, 7) is 2.24. The molecule has 1 N–H and O–H groups in total. The minimum Gasteiger partial charge on any atom is -0.497 e. The summed E-state index contributed by atoms with van der Waals surface area (Å²) in [4.78, 5) is 26.5. The highest BCUT2D eigenvalue weighted by atomic mass is 32.1. The predicted octanol–water partition coefficient (Wildman–Crippen LogP) is 4.80. The summed E-state index contributed by atoms with van der Waals surface area (Å²) < 4.78 is 12.5. The molecule has 2 aromatic heterocycles. The van der Waals surface area contributed by atoms with Gasteiger partial charge in [-0.2, -0.15) is 0 Å². The summed E-state index contributed by atoms with van der Waals surface area (Å²) >= 11 is 1.47. The molecule has 0 saturated carbocycles. The van der Waals surface area contributed by atoms with Crippen molar-refractivity contribution in [2.45, 2.75) is 13.5 Å². The van der Waals surface area contributed by atoms with Gasteiger partial charge in [0.1, 0.15) is 21.9 Å². The fourth-order valence-corrected chi connectivity index (χ4v) is 4.97. The molecule has 158 valence electrons. The molecule has 0 radical (unpaired) electrons. The lowest BCUT2D eigenvalue weighted by Gasteiger charge is -2.13. The fourth-order valence-electron chi connectivity index (χ4n) is 3.68.